The van der Waals surface area contributed by atoms with Crippen LogP contribution in [-0.4, -0.2) is 32.6 Å². The fourth-order valence-electron chi connectivity index (χ4n) is 2.21. The van der Waals surface area contributed by atoms with E-state index in [2.05, 4.69) is 20.7 Å². The molecule has 26 heavy (non-hydrogen) atoms. The monoisotopic (exact) mass is 385 g/mol. The number of carbonyl (C=O) groups excluding carboxylic acids is 1. The molecule has 0 fully saturated rings. The molecule has 1 heterocycles. The van der Waals surface area contributed by atoms with Gasteiger partial charge in [0.25, 0.3) is 5.91 Å². The molecule has 0 saturated heterocycles. The van der Waals surface area contributed by atoms with Gasteiger partial charge in [-0.2, -0.15) is 5.10 Å². The summed E-state index contributed by atoms with van der Waals surface area (Å²) in [5, 5.41) is 13.6. The van der Waals surface area contributed by atoms with Crippen molar-refractivity contribution < 1.29 is 4.79 Å². The predicted octanol–water partition coefficient (Wildman–Crippen LogP) is 3.38. The molecule has 1 N–H and O–H groups in total. The molecule has 3 rings (SSSR count). The maximum Gasteiger partial charge on any atom is 0.250 e. The number of halogens is 1. The van der Waals surface area contributed by atoms with Gasteiger partial charge >= 0.3 is 0 Å². The number of thioether (sulfide) groups is 1. The van der Waals surface area contributed by atoms with E-state index in [1.807, 2.05) is 54.1 Å². The summed E-state index contributed by atoms with van der Waals surface area (Å²) in [6, 6.07) is 17.0. The van der Waals surface area contributed by atoms with Crippen molar-refractivity contribution in [3.63, 3.8) is 0 Å². The molecular formula is C18H16ClN5OS. The average Bonchev–Trinajstić information content (AvgIpc) is 3.01. The Balaban J connectivity index is 1.54. The first-order valence-corrected chi connectivity index (χ1v) is 9.15. The first kappa shape index (κ1) is 18.2. The third-order valence-corrected chi connectivity index (χ3v) is 4.71. The molecule has 0 bridgehead atoms. The van der Waals surface area contributed by atoms with Crippen LogP contribution >= 0.6 is 23.4 Å². The minimum Gasteiger partial charge on any atom is -0.305 e. The van der Waals surface area contributed by atoms with Crippen LogP contribution in [0.5, 0.6) is 0 Å². The number of rotatable bonds is 6. The van der Waals surface area contributed by atoms with Crippen molar-refractivity contribution in [2.75, 3.05) is 5.75 Å². The van der Waals surface area contributed by atoms with E-state index in [1.165, 1.54) is 11.8 Å². The number of hydrogen-bond donors (Lipinski definition) is 1. The van der Waals surface area contributed by atoms with Gasteiger partial charge in [-0.3, -0.25) is 4.79 Å². The van der Waals surface area contributed by atoms with Gasteiger partial charge in [0.1, 0.15) is 0 Å². The Morgan fingerprint density at radius 1 is 1.23 bits per heavy atom. The molecule has 0 aliphatic carbocycles. The number of nitrogens with zero attached hydrogens (tertiary/aromatic N) is 4. The Morgan fingerprint density at radius 2 is 2.04 bits per heavy atom. The van der Waals surface area contributed by atoms with E-state index in [4.69, 9.17) is 11.6 Å². The highest BCUT2D eigenvalue weighted by molar-refractivity contribution is 7.99. The van der Waals surface area contributed by atoms with E-state index in [0.717, 1.165) is 17.0 Å². The lowest BCUT2D eigenvalue weighted by molar-refractivity contribution is -0.118. The summed E-state index contributed by atoms with van der Waals surface area (Å²) < 4.78 is 1.86. The summed E-state index contributed by atoms with van der Waals surface area (Å²) in [6.07, 6.45) is 1.55. The second kappa shape index (κ2) is 8.64. The molecule has 1 aromatic heterocycles. The van der Waals surface area contributed by atoms with Crippen molar-refractivity contribution in [2.24, 2.45) is 12.1 Å². The van der Waals surface area contributed by atoms with E-state index < -0.39 is 0 Å². The van der Waals surface area contributed by atoms with Crippen LogP contribution in [0, 0.1) is 0 Å². The second-order valence-electron chi connectivity index (χ2n) is 5.37. The van der Waals surface area contributed by atoms with Gasteiger partial charge in [0, 0.05) is 17.6 Å². The third-order valence-electron chi connectivity index (χ3n) is 3.45. The summed E-state index contributed by atoms with van der Waals surface area (Å²) in [5.74, 6) is 0.721. The van der Waals surface area contributed by atoms with Crippen LogP contribution in [0.4, 0.5) is 0 Å². The number of hydrazone groups is 1. The van der Waals surface area contributed by atoms with Gasteiger partial charge in [0.2, 0.25) is 0 Å². The van der Waals surface area contributed by atoms with Crippen LogP contribution in [0.1, 0.15) is 5.56 Å². The van der Waals surface area contributed by atoms with Gasteiger partial charge < -0.3 is 4.57 Å². The highest BCUT2D eigenvalue weighted by atomic mass is 35.5. The van der Waals surface area contributed by atoms with E-state index in [9.17, 15) is 4.79 Å². The molecule has 0 unspecified atom stereocenters. The Morgan fingerprint density at radius 3 is 2.81 bits per heavy atom. The summed E-state index contributed by atoms with van der Waals surface area (Å²) in [4.78, 5) is 11.9. The molecule has 8 heteroatoms. The average molecular weight is 386 g/mol. The van der Waals surface area contributed by atoms with Crippen LogP contribution in [0.15, 0.2) is 64.9 Å². The summed E-state index contributed by atoms with van der Waals surface area (Å²) >= 11 is 7.20. The van der Waals surface area contributed by atoms with Crippen LogP contribution in [0.2, 0.25) is 5.02 Å². The molecule has 0 spiro atoms. The first-order chi connectivity index (χ1) is 12.6. The maximum absolute atomic E-state index is 11.9. The molecule has 0 saturated carbocycles. The molecule has 132 valence electrons. The van der Waals surface area contributed by atoms with Crippen LogP contribution < -0.4 is 5.43 Å². The Labute approximate surface area is 160 Å². The summed E-state index contributed by atoms with van der Waals surface area (Å²) in [6.45, 7) is 0. The first-order valence-electron chi connectivity index (χ1n) is 7.78. The van der Waals surface area contributed by atoms with Crippen molar-refractivity contribution in [1.29, 1.82) is 0 Å². The summed E-state index contributed by atoms with van der Waals surface area (Å²) in [7, 11) is 1.87. The van der Waals surface area contributed by atoms with Crippen molar-refractivity contribution in [3.8, 4) is 11.4 Å². The lowest BCUT2D eigenvalue weighted by Crippen LogP contribution is -2.19. The van der Waals surface area contributed by atoms with Gasteiger partial charge in [-0.1, -0.05) is 65.8 Å². The molecular weight excluding hydrogens is 370 g/mol. The normalized spacial score (nSPS) is 11.0. The van der Waals surface area contributed by atoms with Crippen molar-refractivity contribution in [2.45, 2.75) is 5.16 Å². The standard InChI is InChI=1S/C18H16ClN5OS/c1-24-17(14-7-3-2-4-8-14)22-23-18(24)26-12-16(25)21-20-11-13-6-5-9-15(19)10-13/h2-11H,12H2,1H3,(H,21,25)/b20-11+. The quantitative estimate of drug-likeness (QED) is 0.401. The van der Waals surface area contributed by atoms with Crippen LogP contribution in [-0.2, 0) is 11.8 Å². The topological polar surface area (TPSA) is 72.2 Å². The van der Waals surface area contributed by atoms with Gasteiger partial charge in [0.05, 0.1) is 12.0 Å². The highest BCUT2D eigenvalue weighted by Gasteiger charge is 2.12. The molecule has 2 aromatic carbocycles. The molecule has 0 radical (unpaired) electrons. The van der Waals surface area contributed by atoms with Crippen LogP contribution in [0.3, 0.4) is 0 Å². The second-order valence-corrected chi connectivity index (χ2v) is 6.75. The molecule has 3 aromatic rings. The zero-order valence-electron chi connectivity index (χ0n) is 14.0. The van der Waals surface area contributed by atoms with Crippen molar-refractivity contribution in [1.82, 2.24) is 20.2 Å². The number of carbonyl (C=O) groups is 1. The lowest BCUT2D eigenvalue weighted by Gasteiger charge is -2.03. The smallest absolute Gasteiger partial charge is 0.250 e. The van der Waals surface area contributed by atoms with E-state index >= 15 is 0 Å². The zero-order chi connectivity index (χ0) is 18.4. The number of amides is 1. The molecule has 0 aliphatic heterocycles. The van der Waals surface area contributed by atoms with E-state index in [0.29, 0.717) is 10.2 Å². The summed E-state index contributed by atoms with van der Waals surface area (Å²) in [5.41, 5.74) is 4.28. The lowest BCUT2D eigenvalue weighted by atomic mass is 10.2. The Hall–Kier alpha value is -2.64. The fourth-order valence-corrected chi connectivity index (χ4v) is 3.11. The van der Waals surface area contributed by atoms with E-state index in [1.54, 1.807) is 18.3 Å². The molecule has 1 amide bonds. The predicted molar refractivity (Wildman–Crippen MR) is 104 cm³/mol. The van der Waals surface area contributed by atoms with Gasteiger partial charge in [-0.05, 0) is 17.7 Å². The molecule has 0 atom stereocenters. The number of benzene rings is 2. The number of nitrogens with one attached hydrogen (secondary N) is 1. The minimum absolute atomic E-state index is 0.188. The maximum atomic E-state index is 11.9. The number of hydrogen-bond acceptors (Lipinski definition) is 5. The number of aromatic nitrogens is 3. The molecule has 6 nitrogen and oxygen atoms in total. The van der Waals surface area contributed by atoms with Crippen molar-refractivity contribution >= 4 is 35.5 Å². The zero-order valence-corrected chi connectivity index (χ0v) is 15.5. The van der Waals surface area contributed by atoms with Gasteiger partial charge in [0.15, 0.2) is 11.0 Å². The Kier molecular flexibility index (Phi) is 6.04. The van der Waals surface area contributed by atoms with E-state index in [-0.39, 0.29) is 11.7 Å². The van der Waals surface area contributed by atoms with Crippen LogP contribution in [0.25, 0.3) is 11.4 Å². The Bertz CT molecular complexity index is 926. The van der Waals surface area contributed by atoms with Gasteiger partial charge in [-0.25, -0.2) is 5.43 Å². The largest absolute Gasteiger partial charge is 0.305 e. The fraction of sp³-hybridized carbons (Fsp3) is 0.111. The third kappa shape index (κ3) is 4.71. The van der Waals surface area contributed by atoms with Gasteiger partial charge in [-0.15, -0.1) is 10.2 Å². The molecule has 0 aliphatic rings. The SMILES string of the molecule is Cn1c(SCC(=O)N/N=C/c2cccc(Cl)c2)nnc1-c1ccccc1. The van der Waals surface area contributed by atoms with Crippen molar-refractivity contribution in [3.05, 3.63) is 65.2 Å². The highest BCUT2D eigenvalue weighted by Crippen LogP contribution is 2.22. The minimum atomic E-state index is -0.225.